The third-order valence-corrected chi connectivity index (χ3v) is 8.59. The minimum Gasteiger partial charge on any atom is -0.322 e. The maximum atomic E-state index is 13.0. The Morgan fingerprint density at radius 3 is 1.93 bits per heavy atom. The Hall–Kier alpha value is -4.07. The zero-order valence-corrected chi connectivity index (χ0v) is 25.3. The average molecular weight is 598 g/mol. The number of carbonyl (C=O) groups excluding carboxylic acids is 3. The third kappa shape index (κ3) is 7.04. The zero-order chi connectivity index (χ0) is 29.9. The molecule has 0 bridgehead atoms. The molecule has 3 amide bonds. The Morgan fingerprint density at radius 1 is 0.833 bits per heavy atom. The van der Waals surface area contributed by atoms with Crippen molar-refractivity contribution in [2.75, 3.05) is 16.4 Å². The molecule has 1 fully saturated rings. The molecular weight excluding hydrogens is 566 g/mol. The van der Waals surface area contributed by atoms with Crippen molar-refractivity contribution in [1.82, 2.24) is 4.90 Å². The van der Waals surface area contributed by atoms with Crippen molar-refractivity contribution in [3.63, 3.8) is 0 Å². The van der Waals surface area contributed by atoms with E-state index in [0.29, 0.717) is 39.8 Å². The van der Waals surface area contributed by atoms with Gasteiger partial charge in [-0.3, -0.25) is 14.4 Å². The summed E-state index contributed by atoms with van der Waals surface area (Å²) in [7, 11) is 0. The highest BCUT2D eigenvalue weighted by Gasteiger charge is 2.32. The molecule has 1 saturated heterocycles. The van der Waals surface area contributed by atoms with E-state index in [1.807, 2.05) is 65.6 Å². The van der Waals surface area contributed by atoms with Crippen molar-refractivity contribution in [3.05, 3.63) is 130 Å². The van der Waals surface area contributed by atoms with Gasteiger partial charge in [-0.25, -0.2) is 0 Å². The lowest BCUT2D eigenvalue weighted by Crippen LogP contribution is -2.27. The molecule has 42 heavy (non-hydrogen) atoms. The lowest BCUT2D eigenvalue weighted by atomic mass is 9.87. The number of halogens is 1. The fourth-order valence-electron chi connectivity index (χ4n) is 4.69. The first-order valence-corrected chi connectivity index (χ1v) is 15.1. The van der Waals surface area contributed by atoms with E-state index in [4.69, 9.17) is 11.6 Å². The number of anilines is 2. The lowest BCUT2D eigenvalue weighted by Gasteiger charge is -2.24. The van der Waals surface area contributed by atoms with Gasteiger partial charge in [0.2, 0.25) is 5.91 Å². The van der Waals surface area contributed by atoms with E-state index < -0.39 is 0 Å². The number of hydrogen-bond acceptors (Lipinski definition) is 4. The van der Waals surface area contributed by atoms with E-state index in [1.54, 1.807) is 48.2 Å². The Bertz CT molecular complexity index is 1600. The summed E-state index contributed by atoms with van der Waals surface area (Å²) in [6, 6.07) is 29.4. The van der Waals surface area contributed by atoms with Gasteiger partial charge < -0.3 is 15.5 Å². The monoisotopic (exact) mass is 597 g/mol. The molecule has 1 heterocycles. The number of benzene rings is 4. The summed E-state index contributed by atoms with van der Waals surface area (Å²) in [5.74, 6) is 0.00446. The number of hydrogen-bond donors (Lipinski definition) is 2. The van der Waals surface area contributed by atoms with E-state index in [2.05, 4.69) is 31.4 Å². The number of carbonyl (C=O) groups is 3. The standard InChI is InChI=1S/C34H32ClN3O3S/c1-34(2,3)26-15-13-24(14-16-26)32(41)37-29-6-4-5-28(19-29)36-31(40)23-9-11-25(12-10-23)33-38(30(39)21-42-33)20-22-7-17-27(35)18-8-22/h4-19,33H,20-21H2,1-3H3,(H,36,40)(H,37,41)/t33-/m0/s1. The van der Waals surface area contributed by atoms with Crippen LogP contribution in [0.15, 0.2) is 97.1 Å². The molecule has 0 aliphatic carbocycles. The maximum Gasteiger partial charge on any atom is 0.255 e. The Morgan fingerprint density at radius 2 is 1.38 bits per heavy atom. The van der Waals surface area contributed by atoms with Crippen molar-refractivity contribution >= 4 is 52.5 Å². The summed E-state index contributed by atoms with van der Waals surface area (Å²) in [5, 5.41) is 6.34. The first kappa shape index (κ1) is 29.4. The van der Waals surface area contributed by atoms with Crippen molar-refractivity contribution in [2.45, 2.75) is 38.1 Å². The fourth-order valence-corrected chi connectivity index (χ4v) is 6.00. The third-order valence-electron chi connectivity index (χ3n) is 7.08. The van der Waals surface area contributed by atoms with Crippen LogP contribution >= 0.6 is 23.4 Å². The molecule has 4 aromatic carbocycles. The van der Waals surface area contributed by atoms with Gasteiger partial charge in [0.25, 0.3) is 11.8 Å². The smallest absolute Gasteiger partial charge is 0.255 e. The van der Waals surface area contributed by atoms with Crippen LogP contribution in [0.1, 0.15) is 63.6 Å². The number of rotatable bonds is 7. The second-order valence-electron chi connectivity index (χ2n) is 11.2. The number of nitrogens with zero attached hydrogens (tertiary/aromatic N) is 1. The average Bonchev–Trinajstić information content (AvgIpc) is 3.33. The van der Waals surface area contributed by atoms with Gasteiger partial charge in [-0.2, -0.15) is 0 Å². The van der Waals surface area contributed by atoms with Crippen LogP contribution in [0.4, 0.5) is 11.4 Å². The summed E-state index contributed by atoms with van der Waals surface area (Å²) >= 11 is 7.58. The van der Waals surface area contributed by atoms with Crippen LogP contribution in [-0.4, -0.2) is 28.4 Å². The highest BCUT2D eigenvalue weighted by atomic mass is 35.5. The van der Waals surface area contributed by atoms with Crippen LogP contribution in [0.25, 0.3) is 0 Å². The summed E-state index contributed by atoms with van der Waals surface area (Å²) in [6.45, 7) is 6.88. The van der Waals surface area contributed by atoms with E-state index in [-0.39, 0.29) is 28.5 Å². The summed E-state index contributed by atoms with van der Waals surface area (Å²) in [5.41, 5.74) is 5.33. The first-order chi connectivity index (χ1) is 20.1. The van der Waals surface area contributed by atoms with Gasteiger partial charge in [0.05, 0.1) is 5.75 Å². The van der Waals surface area contributed by atoms with Crippen LogP contribution in [0.5, 0.6) is 0 Å². The molecular formula is C34H32ClN3O3S. The Kier molecular flexibility index (Phi) is 8.71. The quantitative estimate of drug-likeness (QED) is 0.227. The highest BCUT2D eigenvalue weighted by Crippen LogP contribution is 2.39. The maximum absolute atomic E-state index is 13.0. The van der Waals surface area contributed by atoms with Crippen LogP contribution in [-0.2, 0) is 16.8 Å². The van der Waals surface area contributed by atoms with Gasteiger partial charge in [0, 0.05) is 34.1 Å². The molecule has 214 valence electrons. The van der Waals surface area contributed by atoms with Crippen molar-refractivity contribution in [2.24, 2.45) is 0 Å². The summed E-state index contributed by atoms with van der Waals surface area (Å²) in [6.07, 6.45) is 0. The Labute approximate surface area is 255 Å². The predicted octanol–water partition coefficient (Wildman–Crippen LogP) is 7.92. The van der Waals surface area contributed by atoms with Gasteiger partial charge in [0.15, 0.2) is 0 Å². The fraction of sp³-hybridized carbons (Fsp3) is 0.206. The largest absolute Gasteiger partial charge is 0.322 e. The molecule has 0 spiro atoms. The minimum atomic E-state index is -0.268. The van der Waals surface area contributed by atoms with Crippen LogP contribution in [0.3, 0.4) is 0 Å². The van der Waals surface area contributed by atoms with Gasteiger partial charge >= 0.3 is 0 Å². The van der Waals surface area contributed by atoms with Crippen molar-refractivity contribution in [3.8, 4) is 0 Å². The zero-order valence-electron chi connectivity index (χ0n) is 23.7. The van der Waals surface area contributed by atoms with E-state index in [1.165, 1.54) is 0 Å². The summed E-state index contributed by atoms with van der Waals surface area (Å²) in [4.78, 5) is 40.3. The molecule has 6 nitrogen and oxygen atoms in total. The molecule has 0 aromatic heterocycles. The number of amides is 3. The van der Waals surface area contributed by atoms with Gasteiger partial charge in [0.1, 0.15) is 5.37 Å². The highest BCUT2D eigenvalue weighted by molar-refractivity contribution is 8.00. The minimum absolute atomic E-state index is 0.00865. The molecule has 2 N–H and O–H groups in total. The topological polar surface area (TPSA) is 78.5 Å². The first-order valence-electron chi connectivity index (χ1n) is 13.7. The van der Waals surface area contributed by atoms with Crippen LogP contribution < -0.4 is 10.6 Å². The SMILES string of the molecule is CC(C)(C)c1ccc(C(=O)Nc2cccc(NC(=O)c3ccc([C@@H]4SCC(=O)N4Cc4ccc(Cl)cc4)cc3)c2)cc1. The molecule has 0 saturated carbocycles. The van der Waals surface area contributed by atoms with Crippen LogP contribution in [0.2, 0.25) is 5.02 Å². The second kappa shape index (κ2) is 12.4. The summed E-state index contributed by atoms with van der Waals surface area (Å²) < 4.78 is 0. The lowest BCUT2D eigenvalue weighted by molar-refractivity contribution is -0.128. The second-order valence-corrected chi connectivity index (χ2v) is 12.8. The van der Waals surface area contributed by atoms with Gasteiger partial charge in [-0.1, -0.05) is 74.8 Å². The molecule has 5 rings (SSSR count). The van der Waals surface area contributed by atoms with Crippen molar-refractivity contribution in [1.29, 1.82) is 0 Å². The molecule has 1 aliphatic heterocycles. The molecule has 8 heteroatoms. The molecule has 1 atom stereocenters. The molecule has 0 unspecified atom stereocenters. The predicted molar refractivity (Wildman–Crippen MR) is 171 cm³/mol. The normalized spacial score (nSPS) is 15.0. The van der Waals surface area contributed by atoms with Crippen molar-refractivity contribution < 1.29 is 14.4 Å². The van der Waals surface area contributed by atoms with Gasteiger partial charge in [-0.05, 0) is 76.7 Å². The van der Waals surface area contributed by atoms with E-state index >= 15 is 0 Å². The Balaban J connectivity index is 1.21. The van der Waals surface area contributed by atoms with Crippen LogP contribution in [0, 0.1) is 0 Å². The molecule has 1 aliphatic rings. The number of nitrogens with one attached hydrogen (secondary N) is 2. The van der Waals surface area contributed by atoms with E-state index in [9.17, 15) is 14.4 Å². The number of thioether (sulfide) groups is 1. The molecule has 4 aromatic rings. The van der Waals surface area contributed by atoms with Gasteiger partial charge in [-0.15, -0.1) is 11.8 Å². The molecule has 0 radical (unpaired) electrons. The van der Waals surface area contributed by atoms with E-state index in [0.717, 1.165) is 16.7 Å².